The van der Waals surface area contributed by atoms with E-state index < -0.39 is 17.8 Å². The predicted molar refractivity (Wildman–Crippen MR) is 82.2 cm³/mol. The summed E-state index contributed by atoms with van der Waals surface area (Å²) in [5.74, 6) is -1.90. The molecule has 0 radical (unpaired) electrons. The maximum atomic E-state index is 12.7. The molecular weight excluding hydrogens is 278 g/mol. The fourth-order valence-corrected chi connectivity index (χ4v) is 4.55. The van der Waals surface area contributed by atoms with Crippen LogP contribution in [0.2, 0.25) is 0 Å². The first-order valence-electron chi connectivity index (χ1n) is 7.82. The molecule has 114 valence electrons. The number of aryl methyl sites for hydroxylation is 1. The van der Waals surface area contributed by atoms with Gasteiger partial charge >= 0.3 is 5.97 Å². The van der Waals surface area contributed by atoms with Crippen LogP contribution in [0, 0.1) is 36.0 Å². The van der Waals surface area contributed by atoms with Crippen LogP contribution in [0.5, 0.6) is 0 Å². The van der Waals surface area contributed by atoms with Crippen molar-refractivity contribution in [3.8, 4) is 0 Å². The average molecular weight is 297 g/mol. The van der Waals surface area contributed by atoms with Crippen molar-refractivity contribution in [3.63, 3.8) is 0 Å². The van der Waals surface area contributed by atoms with E-state index in [-0.39, 0.29) is 23.2 Å². The summed E-state index contributed by atoms with van der Waals surface area (Å²) in [7, 11) is 0. The lowest BCUT2D eigenvalue weighted by molar-refractivity contribution is -0.146. The highest BCUT2D eigenvalue weighted by molar-refractivity contribution is 5.96. The normalized spacial score (nSPS) is 33.1. The predicted octanol–water partition coefficient (Wildman–Crippen LogP) is 2.85. The number of carbonyl (C=O) groups excluding carboxylic acids is 1. The molecule has 4 atom stereocenters. The van der Waals surface area contributed by atoms with Crippen molar-refractivity contribution in [2.24, 2.45) is 29.1 Å². The molecule has 1 spiro atoms. The summed E-state index contributed by atoms with van der Waals surface area (Å²) in [4.78, 5) is 24.4. The summed E-state index contributed by atoms with van der Waals surface area (Å²) in [6, 6.07) is 7.60. The van der Waals surface area contributed by atoms with Crippen molar-refractivity contribution in [2.75, 3.05) is 5.32 Å². The summed E-state index contributed by atoms with van der Waals surface area (Å²) in [6.45, 7) is 1.99. The standard InChI is InChI=1S/C18H19NO3/c1-10-2-4-11(5-3-10)19-16(20)14-12-6-7-13(15(14)17(21)22)18(12)8-9-18/h2-7,12-15H,8-9H2,1H3,(H,19,20)(H,21,22)/t12-,13-,14+,15-/m0/s1. The van der Waals surface area contributed by atoms with E-state index in [0.29, 0.717) is 0 Å². The lowest BCUT2D eigenvalue weighted by Gasteiger charge is -2.23. The first kappa shape index (κ1) is 13.6. The topological polar surface area (TPSA) is 66.4 Å². The third kappa shape index (κ3) is 1.76. The average Bonchev–Trinajstić information content (AvgIpc) is 3.15. The number of hydrogen-bond donors (Lipinski definition) is 2. The lowest BCUT2D eigenvalue weighted by atomic mass is 9.82. The summed E-state index contributed by atoms with van der Waals surface area (Å²) in [5.41, 5.74) is 1.93. The second kappa shape index (κ2) is 4.45. The fourth-order valence-electron chi connectivity index (χ4n) is 4.55. The second-order valence-corrected chi connectivity index (χ2v) is 6.91. The van der Waals surface area contributed by atoms with Gasteiger partial charge in [0.15, 0.2) is 0 Å². The van der Waals surface area contributed by atoms with Crippen molar-refractivity contribution in [1.29, 1.82) is 0 Å². The molecule has 1 aromatic carbocycles. The minimum atomic E-state index is -0.841. The van der Waals surface area contributed by atoms with Gasteiger partial charge in [-0.3, -0.25) is 9.59 Å². The van der Waals surface area contributed by atoms with E-state index in [9.17, 15) is 14.7 Å². The van der Waals surface area contributed by atoms with Crippen LogP contribution < -0.4 is 5.32 Å². The highest BCUT2D eigenvalue weighted by atomic mass is 16.4. The molecule has 0 heterocycles. The second-order valence-electron chi connectivity index (χ2n) is 6.91. The molecule has 0 saturated heterocycles. The Morgan fingerprint density at radius 2 is 1.68 bits per heavy atom. The van der Waals surface area contributed by atoms with Crippen LogP contribution in [0.25, 0.3) is 0 Å². The molecule has 2 fully saturated rings. The van der Waals surface area contributed by atoms with Crippen molar-refractivity contribution in [1.82, 2.24) is 0 Å². The number of nitrogens with one attached hydrogen (secondary N) is 1. The number of anilines is 1. The number of carboxylic acids is 1. The van der Waals surface area contributed by atoms with Gasteiger partial charge in [-0.15, -0.1) is 0 Å². The van der Waals surface area contributed by atoms with Crippen LogP contribution in [0.4, 0.5) is 5.69 Å². The smallest absolute Gasteiger partial charge is 0.307 e. The number of amides is 1. The molecule has 1 amide bonds. The lowest BCUT2D eigenvalue weighted by Crippen LogP contribution is -2.36. The summed E-state index contributed by atoms with van der Waals surface area (Å²) in [6.07, 6.45) is 6.21. The van der Waals surface area contributed by atoms with E-state index in [1.165, 1.54) is 0 Å². The van der Waals surface area contributed by atoms with E-state index in [2.05, 4.69) is 11.4 Å². The molecule has 4 rings (SSSR count). The molecule has 0 aromatic heterocycles. The van der Waals surface area contributed by atoms with Crippen LogP contribution in [-0.4, -0.2) is 17.0 Å². The highest BCUT2D eigenvalue weighted by Crippen LogP contribution is 2.72. The largest absolute Gasteiger partial charge is 0.481 e. The Hall–Kier alpha value is -2.10. The van der Waals surface area contributed by atoms with E-state index in [4.69, 9.17) is 0 Å². The van der Waals surface area contributed by atoms with E-state index >= 15 is 0 Å². The van der Waals surface area contributed by atoms with E-state index in [1.807, 2.05) is 37.3 Å². The zero-order chi connectivity index (χ0) is 15.5. The van der Waals surface area contributed by atoms with Gasteiger partial charge in [0.25, 0.3) is 0 Å². The van der Waals surface area contributed by atoms with Gasteiger partial charge in [0.05, 0.1) is 11.8 Å². The Labute approximate surface area is 129 Å². The molecule has 0 unspecified atom stereocenters. The van der Waals surface area contributed by atoms with Gasteiger partial charge < -0.3 is 10.4 Å². The number of rotatable bonds is 3. The van der Waals surface area contributed by atoms with Crippen LogP contribution in [0.15, 0.2) is 36.4 Å². The first-order valence-corrected chi connectivity index (χ1v) is 7.82. The minimum Gasteiger partial charge on any atom is -0.481 e. The number of allylic oxidation sites excluding steroid dienone is 2. The van der Waals surface area contributed by atoms with Gasteiger partial charge in [-0.25, -0.2) is 0 Å². The molecule has 2 bridgehead atoms. The molecule has 3 aliphatic carbocycles. The quantitative estimate of drug-likeness (QED) is 0.843. The third-order valence-electron chi connectivity index (χ3n) is 5.75. The fraction of sp³-hybridized carbons (Fsp3) is 0.444. The van der Waals surface area contributed by atoms with Gasteiger partial charge in [0.1, 0.15) is 0 Å². The van der Waals surface area contributed by atoms with Crippen LogP contribution in [0.1, 0.15) is 18.4 Å². The third-order valence-corrected chi connectivity index (χ3v) is 5.75. The molecule has 2 N–H and O–H groups in total. The maximum absolute atomic E-state index is 12.7. The Morgan fingerprint density at radius 1 is 1.09 bits per heavy atom. The Bertz CT molecular complexity index is 672. The molecule has 1 aromatic rings. The number of hydrogen-bond acceptors (Lipinski definition) is 2. The van der Waals surface area contributed by atoms with Crippen molar-refractivity contribution >= 4 is 17.6 Å². The van der Waals surface area contributed by atoms with Crippen molar-refractivity contribution in [2.45, 2.75) is 19.8 Å². The Kier molecular flexibility index (Phi) is 2.74. The van der Waals surface area contributed by atoms with Crippen LogP contribution >= 0.6 is 0 Å². The van der Waals surface area contributed by atoms with Crippen LogP contribution in [-0.2, 0) is 9.59 Å². The summed E-state index contributed by atoms with van der Waals surface area (Å²) in [5, 5.41) is 12.5. The number of aliphatic carboxylic acids is 1. The molecular formula is C18H19NO3. The molecule has 2 saturated carbocycles. The number of benzene rings is 1. The Balaban J connectivity index is 1.60. The molecule has 3 aliphatic rings. The zero-order valence-electron chi connectivity index (χ0n) is 12.5. The molecule has 0 aliphatic heterocycles. The van der Waals surface area contributed by atoms with Crippen molar-refractivity contribution in [3.05, 3.63) is 42.0 Å². The van der Waals surface area contributed by atoms with E-state index in [1.54, 1.807) is 0 Å². The maximum Gasteiger partial charge on any atom is 0.307 e. The highest BCUT2D eigenvalue weighted by Gasteiger charge is 2.70. The van der Waals surface area contributed by atoms with Crippen LogP contribution in [0.3, 0.4) is 0 Å². The monoisotopic (exact) mass is 297 g/mol. The number of carboxylic acid groups (broad SMARTS) is 1. The van der Waals surface area contributed by atoms with Gasteiger partial charge in [-0.2, -0.15) is 0 Å². The molecule has 4 heteroatoms. The Morgan fingerprint density at radius 3 is 2.23 bits per heavy atom. The first-order chi connectivity index (χ1) is 10.5. The van der Waals surface area contributed by atoms with Gasteiger partial charge in [-0.1, -0.05) is 29.8 Å². The zero-order valence-corrected chi connectivity index (χ0v) is 12.5. The van der Waals surface area contributed by atoms with Gasteiger partial charge in [0, 0.05) is 5.69 Å². The van der Waals surface area contributed by atoms with E-state index in [0.717, 1.165) is 24.1 Å². The molecule has 22 heavy (non-hydrogen) atoms. The summed E-state index contributed by atoms with van der Waals surface area (Å²) < 4.78 is 0. The number of carbonyl (C=O) groups is 2. The van der Waals surface area contributed by atoms with Crippen molar-refractivity contribution < 1.29 is 14.7 Å². The van der Waals surface area contributed by atoms with Gasteiger partial charge in [0.2, 0.25) is 5.91 Å². The SMILES string of the molecule is Cc1ccc(NC(=O)[C@H]2[C@@H](C(=O)O)[C@@H]3C=C[C@@H]2C32CC2)cc1. The minimum absolute atomic E-state index is 0.0313. The molecule has 4 nitrogen and oxygen atoms in total. The summed E-state index contributed by atoms with van der Waals surface area (Å²) >= 11 is 0. The van der Waals surface area contributed by atoms with Gasteiger partial charge in [-0.05, 0) is 49.1 Å².